The van der Waals surface area contributed by atoms with Crippen LogP contribution in [0.25, 0.3) is 10.9 Å². The first-order valence-corrected chi connectivity index (χ1v) is 7.96. The first-order valence-electron chi connectivity index (χ1n) is 3.47. The quantitative estimate of drug-likeness (QED) is 0.629. The number of fused-ring (bicyclic) bond motifs is 1. The van der Waals surface area contributed by atoms with E-state index in [1.165, 1.54) is 5.39 Å². The van der Waals surface area contributed by atoms with Gasteiger partial charge < -0.3 is 0 Å². The van der Waals surface area contributed by atoms with E-state index in [9.17, 15) is 0 Å². The number of rotatable bonds is 1. The van der Waals surface area contributed by atoms with E-state index in [1.54, 1.807) is 9.12 Å². The van der Waals surface area contributed by atoms with Crippen LogP contribution < -0.4 is 0 Å². The van der Waals surface area contributed by atoms with Gasteiger partial charge >= 0.3 is 0 Å². The van der Waals surface area contributed by atoms with Crippen LogP contribution in [-0.2, 0) is 0 Å². The van der Waals surface area contributed by atoms with Gasteiger partial charge in [0.15, 0.2) is 0 Å². The topological polar surface area (TPSA) is 4.93 Å². The molecule has 0 aliphatic heterocycles. The Morgan fingerprint density at radius 1 is 1.46 bits per heavy atom. The Balaban J connectivity index is 2.77. The highest BCUT2D eigenvalue weighted by Gasteiger charge is 2.04. The molecule has 0 aliphatic carbocycles. The van der Waals surface area contributed by atoms with Gasteiger partial charge in [-0.25, -0.2) is 0 Å². The standard InChI is InChI=1S/C8H4BrClINS/c9-6-3-5-1-2-12(13-11)8(5)4-7(6)10/h1-4H. The van der Waals surface area contributed by atoms with Gasteiger partial charge in [0.25, 0.3) is 0 Å². The predicted octanol–water partition coefficient (Wildman–Crippen LogP) is 4.90. The van der Waals surface area contributed by atoms with Gasteiger partial charge in [0.1, 0.15) is 0 Å². The van der Waals surface area contributed by atoms with Crippen LogP contribution in [0.4, 0.5) is 0 Å². The highest BCUT2D eigenvalue weighted by atomic mass is 127. The first-order chi connectivity index (χ1) is 6.22. The number of hydrogen-bond acceptors (Lipinski definition) is 1. The lowest BCUT2D eigenvalue weighted by atomic mass is 10.2. The van der Waals surface area contributed by atoms with Crippen LogP contribution in [0.2, 0.25) is 5.02 Å². The molecule has 0 fully saturated rings. The molecule has 1 aromatic carbocycles. The summed E-state index contributed by atoms with van der Waals surface area (Å²) in [5, 5.41) is 1.94. The summed E-state index contributed by atoms with van der Waals surface area (Å²) in [5.74, 6) is 0. The summed E-state index contributed by atoms with van der Waals surface area (Å²) in [6.45, 7) is 0. The summed E-state index contributed by atoms with van der Waals surface area (Å²) >= 11 is 11.6. The number of aromatic nitrogens is 1. The zero-order valence-corrected chi connectivity index (χ0v) is 11.6. The Bertz CT molecular complexity index is 457. The van der Waals surface area contributed by atoms with Gasteiger partial charge in [-0.3, -0.25) is 3.97 Å². The number of hydrogen-bond donors (Lipinski definition) is 0. The molecule has 2 rings (SSSR count). The molecule has 2 aromatic rings. The third-order valence-corrected chi connectivity index (χ3v) is 4.71. The first kappa shape index (κ1) is 10.1. The van der Waals surface area contributed by atoms with Gasteiger partial charge in [-0.2, -0.15) is 0 Å². The lowest BCUT2D eigenvalue weighted by Gasteiger charge is -2.00. The normalized spacial score (nSPS) is 11.0. The monoisotopic (exact) mass is 387 g/mol. The van der Waals surface area contributed by atoms with Crippen molar-refractivity contribution in [3.63, 3.8) is 0 Å². The van der Waals surface area contributed by atoms with Crippen LogP contribution in [-0.4, -0.2) is 3.97 Å². The molecule has 5 heteroatoms. The van der Waals surface area contributed by atoms with E-state index in [0.717, 1.165) is 15.0 Å². The maximum Gasteiger partial charge on any atom is 0.0614 e. The van der Waals surface area contributed by atoms with Crippen molar-refractivity contribution in [1.29, 1.82) is 0 Å². The van der Waals surface area contributed by atoms with E-state index >= 15 is 0 Å². The van der Waals surface area contributed by atoms with Crippen molar-refractivity contribution in [2.45, 2.75) is 0 Å². The molecule has 68 valence electrons. The summed E-state index contributed by atoms with van der Waals surface area (Å²) in [7, 11) is 1.63. The molecule has 0 unspecified atom stereocenters. The van der Waals surface area contributed by atoms with E-state index in [1.807, 2.05) is 18.3 Å². The Kier molecular flexibility index (Phi) is 3.12. The largest absolute Gasteiger partial charge is 0.282 e. The maximum absolute atomic E-state index is 6.00. The highest BCUT2D eigenvalue weighted by molar-refractivity contribution is 14.2. The SMILES string of the molecule is Clc1cc2c(ccn2SI)cc1Br. The minimum atomic E-state index is 0.748. The number of nitrogens with zero attached hydrogens (tertiary/aromatic N) is 1. The van der Waals surface area contributed by atoms with Crippen molar-refractivity contribution >= 4 is 68.8 Å². The molecule has 0 saturated heterocycles. The smallest absolute Gasteiger partial charge is 0.0614 e. The van der Waals surface area contributed by atoms with Crippen molar-refractivity contribution in [2.75, 3.05) is 0 Å². The molecule has 1 aromatic heterocycles. The summed E-state index contributed by atoms with van der Waals surface area (Å²) < 4.78 is 3.02. The maximum atomic E-state index is 6.00. The van der Waals surface area contributed by atoms with Gasteiger partial charge in [-0.05, 0) is 34.1 Å². The molecule has 0 N–H and O–H groups in total. The van der Waals surface area contributed by atoms with Gasteiger partial charge in [0.05, 0.1) is 10.5 Å². The lowest BCUT2D eigenvalue weighted by molar-refractivity contribution is 1.37. The third kappa shape index (κ3) is 1.86. The molecule has 1 nitrogen and oxygen atoms in total. The molecule has 13 heavy (non-hydrogen) atoms. The fourth-order valence-corrected chi connectivity index (χ4v) is 3.05. The second-order valence-electron chi connectivity index (χ2n) is 2.54. The van der Waals surface area contributed by atoms with E-state index in [-0.39, 0.29) is 0 Å². The van der Waals surface area contributed by atoms with E-state index in [4.69, 9.17) is 11.6 Å². The molecule has 0 amide bonds. The number of benzene rings is 1. The molecule has 0 atom stereocenters. The zero-order valence-electron chi connectivity index (χ0n) is 6.30. The molecule has 0 bridgehead atoms. The average molecular weight is 388 g/mol. The Morgan fingerprint density at radius 2 is 2.23 bits per heavy atom. The van der Waals surface area contributed by atoms with Gasteiger partial charge in [-0.15, -0.1) is 0 Å². The van der Waals surface area contributed by atoms with Crippen LogP contribution in [0.15, 0.2) is 28.9 Å². The fourth-order valence-electron chi connectivity index (χ4n) is 1.16. The summed E-state index contributed by atoms with van der Waals surface area (Å²) in [5.41, 5.74) is 1.15. The fraction of sp³-hybridized carbons (Fsp3) is 0. The lowest BCUT2D eigenvalue weighted by Crippen LogP contribution is -1.79. The molecule has 1 heterocycles. The van der Waals surface area contributed by atoms with E-state index in [2.05, 4.69) is 47.2 Å². The van der Waals surface area contributed by atoms with Crippen molar-refractivity contribution in [2.24, 2.45) is 0 Å². The zero-order chi connectivity index (χ0) is 9.42. The third-order valence-electron chi connectivity index (χ3n) is 1.77. The van der Waals surface area contributed by atoms with Crippen LogP contribution in [0.5, 0.6) is 0 Å². The predicted molar refractivity (Wildman–Crippen MR) is 71.7 cm³/mol. The average Bonchev–Trinajstić information content (AvgIpc) is 2.48. The number of halogens is 3. The second-order valence-corrected chi connectivity index (χ2v) is 5.51. The Labute approximate surface area is 106 Å². The molecular formula is C8H4BrClINS. The van der Waals surface area contributed by atoms with E-state index < -0.39 is 0 Å². The van der Waals surface area contributed by atoms with Crippen molar-refractivity contribution in [1.82, 2.24) is 3.97 Å². The van der Waals surface area contributed by atoms with E-state index in [0.29, 0.717) is 0 Å². The highest BCUT2D eigenvalue weighted by Crippen LogP contribution is 2.31. The van der Waals surface area contributed by atoms with Crippen molar-refractivity contribution in [3.8, 4) is 0 Å². The van der Waals surface area contributed by atoms with Crippen LogP contribution in [0.1, 0.15) is 0 Å². The van der Waals surface area contributed by atoms with Crippen molar-refractivity contribution in [3.05, 3.63) is 33.9 Å². The molecule has 0 aliphatic rings. The molecule has 0 radical (unpaired) electrons. The second kappa shape index (κ2) is 4.00. The van der Waals surface area contributed by atoms with Gasteiger partial charge in [0, 0.05) is 46.4 Å². The molecule has 0 saturated carbocycles. The van der Waals surface area contributed by atoms with Gasteiger partial charge in [0.2, 0.25) is 0 Å². The Morgan fingerprint density at radius 3 is 2.92 bits per heavy atom. The van der Waals surface area contributed by atoms with Crippen LogP contribution in [0.3, 0.4) is 0 Å². The van der Waals surface area contributed by atoms with Crippen LogP contribution >= 0.6 is 57.9 Å². The molecular weight excluding hydrogens is 384 g/mol. The molecule has 0 spiro atoms. The summed E-state index contributed by atoms with van der Waals surface area (Å²) in [4.78, 5) is 0. The minimum absolute atomic E-state index is 0.748. The summed E-state index contributed by atoms with van der Waals surface area (Å²) in [6.07, 6.45) is 2.03. The van der Waals surface area contributed by atoms with Crippen molar-refractivity contribution < 1.29 is 0 Å². The minimum Gasteiger partial charge on any atom is -0.282 e. The Hall–Kier alpha value is 0.610. The van der Waals surface area contributed by atoms with Crippen LogP contribution in [0, 0.1) is 0 Å². The summed E-state index contributed by atoms with van der Waals surface area (Å²) in [6, 6.07) is 6.07. The van der Waals surface area contributed by atoms with Gasteiger partial charge in [-0.1, -0.05) is 11.6 Å².